The van der Waals surface area contributed by atoms with Crippen molar-refractivity contribution in [1.82, 2.24) is 0 Å². The summed E-state index contributed by atoms with van der Waals surface area (Å²) < 4.78 is 11.6. The van der Waals surface area contributed by atoms with E-state index >= 15 is 0 Å². The molecule has 0 aliphatic carbocycles. The number of nitrogens with two attached hydrogens (primary N) is 1. The Hall–Kier alpha value is 0.170. The Morgan fingerprint density at radius 2 is 2.00 bits per heavy atom. The fourth-order valence-electron chi connectivity index (χ4n) is 0.763. The molecule has 0 heterocycles. The van der Waals surface area contributed by atoms with E-state index in [4.69, 9.17) is 40.5 Å². The fraction of sp³-hybridized carbons (Fsp3) is 0.250. The van der Waals surface area contributed by atoms with Gasteiger partial charge in [0.2, 0.25) is 0 Å². The summed E-state index contributed by atoms with van der Waals surface area (Å²) in [7, 11) is 0. The van der Waals surface area contributed by atoms with Crippen LogP contribution in [-0.4, -0.2) is 9.55 Å². The quantitative estimate of drug-likeness (QED) is 0.503. The number of hydrogen-bond donors (Lipinski definition) is 1. The number of anilines is 1. The number of thioether (sulfide) groups is 1. The Kier molecular flexibility index (Phi) is 4.19. The lowest BCUT2D eigenvalue weighted by Gasteiger charge is -2.09. The lowest BCUT2D eigenvalue weighted by Crippen LogP contribution is -2.05. The SMILES string of the molecule is Nc1ccc(SCC(Cl)(Cl)Cl)cc1F. The highest BCUT2D eigenvalue weighted by molar-refractivity contribution is 7.99. The van der Waals surface area contributed by atoms with E-state index in [1.165, 1.54) is 23.9 Å². The molecule has 14 heavy (non-hydrogen) atoms. The predicted octanol–water partition coefficient (Wildman–Crippen LogP) is 3.87. The third-order valence-electron chi connectivity index (χ3n) is 1.37. The Labute approximate surface area is 101 Å². The molecule has 0 saturated heterocycles. The smallest absolute Gasteiger partial charge is 0.199 e. The van der Waals surface area contributed by atoms with Gasteiger partial charge in [-0.3, -0.25) is 0 Å². The van der Waals surface area contributed by atoms with Crippen LogP contribution in [-0.2, 0) is 0 Å². The van der Waals surface area contributed by atoms with Crippen LogP contribution >= 0.6 is 46.6 Å². The second kappa shape index (κ2) is 4.79. The summed E-state index contributed by atoms with van der Waals surface area (Å²) in [5.74, 6) is -0.194. The normalized spacial score (nSPS) is 11.7. The fourth-order valence-corrected chi connectivity index (χ4v) is 1.94. The van der Waals surface area contributed by atoms with Crippen molar-refractivity contribution in [1.29, 1.82) is 0 Å². The molecule has 6 heteroatoms. The lowest BCUT2D eigenvalue weighted by atomic mass is 10.3. The van der Waals surface area contributed by atoms with Gasteiger partial charge in [0.05, 0.1) is 5.69 Å². The van der Waals surface area contributed by atoms with Crippen molar-refractivity contribution in [2.75, 3.05) is 11.5 Å². The van der Waals surface area contributed by atoms with Crippen molar-refractivity contribution >= 4 is 52.3 Å². The zero-order chi connectivity index (χ0) is 10.8. The molecular formula is C8H7Cl3FNS. The van der Waals surface area contributed by atoms with E-state index in [1.807, 2.05) is 0 Å². The molecule has 0 saturated carbocycles. The highest BCUT2D eigenvalue weighted by atomic mass is 35.6. The van der Waals surface area contributed by atoms with E-state index in [-0.39, 0.29) is 11.4 Å². The number of benzene rings is 1. The second-order valence-corrected chi connectivity index (χ2v) is 6.15. The van der Waals surface area contributed by atoms with Gasteiger partial charge in [0.1, 0.15) is 5.82 Å². The number of halogens is 4. The second-order valence-electron chi connectivity index (χ2n) is 2.59. The topological polar surface area (TPSA) is 26.0 Å². The first-order valence-electron chi connectivity index (χ1n) is 3.63. The molecule has 0 amide bonds. The largest absolute Gasteiger partial charge is 0.396 e. The van der Waals surface area contributed by atoms with Crippen LogP contribution in [0.1, 0.15) is 0 Å². The molecule has 1 aromatic rings. The average Bonchev–Trinajstić information content (AvgIpc) is 2.06. The predicted molar refractivity (Wildman–Crippen MR) is 61.8 cm³/mol. The van der Waals surface area contributed by atoms with Crippen LogP contribution in [0.4, 0.5) is 10.1 Å². The zero-order valence-electron chi connectivity index (χ0n) is 6.94. The molecule has 0 spiro atoms. The number of alkyl halides is 3. The van der Waals surface area contributed by atoms with Crippen LogP contribution in [0.15, 0.2) is 23.1 Å². The van der Waals surface area contributed by atoms with E-state index < -0.39 is 9.61 Å². The van der Waals surface area contributed by atoms with Gasteiger partial charge in [-0.05, 0) is 18.2 Å². The highest BCUT2D eigenvalue weighted by Crippen LogP contribution is 2.34. The average molecular weight is 275 g/mol. The molecule has 1 rings (SSSR count). The van der Waals surface area contributed by atoms with Gasteiger partial charge in [-0.25, -0.2) is 4.39 Å². The number of nitrogen functional groups attached to an aromatic ring is 1. The van der Waals surface area contributed by atoms with E-state index in [0.29, 0.717) is 4.90 Å². The van der Waals surface area contributed by atoms with E-state index in [9.17, 15) is 4.39 Å². The zero-order valence-corrected chi connectivity index (χ0v) is 10.0. The van der Waals surface area contributed by atoms with Gasteiger partial charge in [0.25, 0.3) is 0 Å². The molecule has 0 unspecified atom stereocenters. The van der Waals surface area contributed by atoms with E-state index in [0.717, 1.165) is 0 Å². The van der Waals surface area contributed by atoms with Crippen molar-refractivity contribution in [3.8, 4) is 0 Å². The van der Waals surface area contributed by atoms with Gasteiger partial charge in [-0.15, -0.1) is 11.8 Å². The maximum absolute atomic E-state index is 13.0. The van der Waals surface area contributed by atoms with Crippen molar-refractivity contribution in [3.05, 3.63) is 24.0 Å². The molecule has 0 radical (unpaired) electrons. The molecule has 2 N–H and O–H groups in total. The van der Waals surface area contributed by atoms with Crippen molar-refractivity contribution in [2.24, 2.45) is 0 Å². The molecule has 0 aromatic heterocycles. The molecular weight excluding hydrogens is 268 g/mol. The molecule has 1 aromatic carbocycles. The third kappa shape index (κ3) is 4.13. The first-order valence-corrected chi connectivity index (χ1v) is 5.75. The summed E-state index contributed by atoms with van der Waals surface area (Å²) in [6.07, 6.45) is 0. The van der Waals surface area contributed by atoms with E-state index in [2.05, 4.69) is 0 Å². The van der Waals surface area contributed by atoms with Crippen molar-refractivity contribution < 1.29 is 4.39 Å². The summed E-state index contributed by atoms with van der Waals surface area (Å²) in [6.45, 7) is 0. The van der Waals surface area contributed by atoms with Crippen LogP contribution in [0.3, 0.4) is 0 Å². The van der Waals surface area contributed by atoms with Crippen LogP contribution in [0, 0.1) is 5.82 Å². The highest BCUT2D eigenvalue weighted by Gasteiger charge is 2.19. The molecule has 0 bridgehead atoms. The number of hydrogen-bond acceptors (Lipinski definition) is 2. The molecule has 0 atom stereocenters. The molecule has 78 valence electrons. The van der Waals surface area contributed by atoms with Gasteiger partial charge >= 0.3 is 0 Å². The minimum atomic E-state index is -1.33. The lowest BCUT2D eigenvalue weighted by molar-refractivity contribution is 0.629. The summed E-state index contributed by atoms with van der Waals surface area (Å²) in [4.78, 5) is 0.683. The summed E-state index contributed by atoms with van der Waals surface area (Å²) in [5, 5.41) is 0. The first-order chi connectivity index (χ1) is 6.38. The summed E-state index contributed by atoms with van der Waals surface area (Å²) in [5.41, 5.74) is 5.42. The minimum Gasteiger partial charge on any atom is -0.396 e. The molecule has 0 aliphatic rings. The van der Waals surface area contributed by atoms with Crippen LogP contribution in [0.2, 0.25) is 0 Å². The van der Waals surface area contributed by atoms with Gasteiger partial charge in [-0.1, -0.05) is 34.8 Å². The Bertz CT molecular complexity index is 327. The minimum absolute atomic E-state index is 0.114. The Balaban J connectivity index is 2.65. The Morgan fingerprint density at radius 3 is 2.50 bits per heavy atom. The molecule has 1 nitrogen and oxygen atoms in total. The summed E-state index contributed by atoms with van der Waals surface area (Å²) in [6, 6.07) is 4.48. The molecule has 0 fully saturated rings. The molecule has 0 aliphatic heterocycles. The van der Waals surface area contributed by atoms with E-state index in [1.54, 1.807) is 6.07 Å². The van der Waals surface area contributed by atoms with Gasteiger partial charge in [0, 0.05) is 10.6 Å². The van der Waals surface area contributed by atoms with Crippen LogP contribution in [0.25, 0.3) is 0 Å². The third-order valence-corrected chi connectivity index (χ3v) is 3.42. The Morgan fingerprint density at radius 1 is 1.36 bits per heavy atom. The maximum atomic E-state index is 13.0. The maximum Gasteiger partial charge on any atom is 0.199 e. The monoisotopic (exact) mass is 273 g/mol. The first kappa shape index (κ1) is 12.2. The number of rotatable bonds is 2. The standard InChI is InChI=1S/C8H7Cl3FNS/c9-8(10,11)4-14-5-1-2-7(13)6(12)3-5/h1-3H,4,13H2. The van der Waals surface area contributed by atoms with Crippen molar-refractivity contribution in [2.45, 2.75) is 8.69 Å². The van der Waals surface area contributed by atoms with Gasteiger partial charge in [-0.2, -0.15) is 0 Å². The van der Waals surface area contributed by atoms with Crippen molar-refractivity contribution in [3.63, 3.8) is 0 Å². The van der Waals surface area contributed by atoms with Gasteiger partial charge in [0.15, 0.2) is 3.79 Å². The summed E-state index contributed by atoms with van der Waals surface area (Å²) >= 11 is 17.9. The van der Waals surface area contributed by atoms with Crippen LogP contribution < -0.4 is 5.73 Å². The van der Waals surface area contributed by atoms with Gasteiger partial charge < -0.3 is 5.73 Å². The van der Waals surface area contributed by atoms with Crippen LogP contribution in [0.5, 0.6) is 0 Å².